The quantitative estimate of drug-likeness (QED) is 0.552. The minimum absolute atomic E-state index is 0.150. The highest BCUT2D eigenvalue weighted by molar-refractivity contribution is 7.89. The fraction of sp³-hybridized carbons (Fsp3) is 0.240. The van der Waals surface area contributed by atoms with Gasteiger partial charge < -0.3 is 5.32 Å². The summed E-state index contributed by atoms with van der Waals surface area (Å²) in [7, 11) is -2.28. The molecule has 0 heterocycles. The van der Waals surface area contributed by atoms with E-state index in [1.165, 1.54) is 18.2 Å². The molecule has 1 N–H and O–H groups in total. The van der Waals surface area contributed by atoms with Crippen molar-refractivity contribution in [1.29, 1.82) is 0 Å². The zero-order chi connectivity index (χ0) is 22.3. The molecule has 3 aromatic rings. The van der Waals surface area contributed by atoms with Gasteiger partial charge in [-0.3, -0.25) is 4.79 Å². The second-order valence-corrected chi connectivity index (χ2v) is 9.63. The molecule has 0 spiro atoms. The summed E-state index contributed by atoms with van der Waals surface area (Å²) in [6.07, 6.45) is 0.716. The summed E-state index contributed by atoms with van der Waals surface area (Å²) in [5.74, 6) is -0.171. The average molecular weight is 437 g/mol. The van der Waals surface area contributed by atoms with Crippen molar-refractivity contribution in [3.05, 3.63) is 102 Å². The number of hydrogen-bond donors (Lipinski definition) is 1. The summed E-state index contributed by atoms with van der Waals surface area (Å²) in [6, 6.07) is 26.9. The minimum Gasteiger partial charge on any atom is -0.355 e. The van der Waals surface area contributed by atoms with Crippen LogP contribution in [0.2, 0.25) is 0 Å². The molecule has 6 heteroatoms. The highest BCUT2D eigenvalue weighted by Gasteiger charge is 2.23. The fourth-order valence-electron chi connectivity index (χ4n) is 3.49. The average Bonchev–Trinajstić information content (AvgIpc) is 2.78. The molecule has 0 aliphatic carbocycles. The maximum absolute atomic E-state index is 12.7. The van der Waals surface area contributed by atoms with Gasteiger partial charge in [-0.2, -0.15) is 4.31 Å². The van der Waals surface area contributed by atoms with E-state index in [0.29, 0.717) is 13.0 Å². The highest BCUT2D eigenvalue weighted by Crippen LogP contribution is 2.27. The van der Waals surface area contributed by atoms with Gasteiger partial charge in [0.05, 0.1) is 11.4 Å². The van der Waals surface area contributed by atoms with E-state index in [0.717, 1.165) is 9.87 Å². The third-order valence-electron chi connectivity index (χ3n) is 5.25. The molecule has 162 valence electrons. The van der Waals surface area contributed by atoms with Crippen LogP contribution in [0.3, 0.4) is 0 Å². The van der Waals surface area contributed by atoms with Gasteiger partial charge >= 0.3 is 0 Å². The van der Waals surface area contributed by atoms with Gasteiger partial charge in [0.1, 0.15) is 0 Å². The van der Waals surface area contributed by atoms with E-state index >= 15 is 0 Å². The number of aryl methyl sites for hydroxylation is 1. The number of amides is 1. The summed E-state index contributed by atoms with van der Waals surface area (Å²) >= 11 is 0. The van der Waals surface area contributed by atoms with Crippen LogP contribution in [0, 0.1) is 6.92 Å². The fourth-order valence-corrected chi connectivity index (χ4v) is 4.61. The lowest BCUT2D eigenvalue weighted by Gasteiger charge is -2.20. The molecule has 0 aliphatic rings. The SMILES string of the molecule is Cc1ccc(S(=O)(=O)N(C)CC(=O)NCCC(c2ccccc2)c2ccccc2)cc1. The first-order chi connectivity index (χ1) is 14.9. The van der Waals surface area contributed by atoms with Crippen LogP contribution in [0.15, 0.2) is 89.8 Å². The number of benzene rings is 3. The van der Waals surface area contributed by atoms with E-state index in [9.17, 15) is 13.2 Å². The van der Waals surface area contributed by atoms with Crippen LogP contribution in [0.25, 0.3) is 0 Å². The van der Waals surface area contributed by atoms with Crippen LogP contribution in [0.4, 0.5) is 0 Å². The Kier molecular flexibility index (Phi) is 7.60. The largest absolute Gasteiger partial charge is 0.355 e. The van der Waals surface area contributed by atoms with E-state index in [1.807, 2.05) is 43.3 Å². The Labute approximate surface area is 184 Å². The van der Waals surface area contributed by atoms with Crippen molar-refractivity contribution < 1.29 is 13.2 Å². The molecule has 31 heavy (non-hydrogen) atoms. The Morgan fingerprint density at radius 3 is 1.90 bits per heavy atom. The third-order valence-corrected chi connectivity index (χ3v) is 7.07. The number of likely N-dealkylation sites (N-methyl/N-ethyl adjacent to an activating group) is 1. The summed E-state index contributed by atoms with van der Waals surface area (Å²) < 4.78 is 26.4. The second-order valence-electron chi connectivity index (χ2n) is 7.59. The predicted octanol–water partition coefficient (Wildman–Crippen LogP) is 3.95. The second kappa shape index (κ2) is 10.4. The smallest absolute Gasteiger partial charge is 0.243 e. The number of carbonyl (C=O) groups is 1. The first kappa shape index (κ1) is 22.7. The molecule has 0 saturated heterocycles. The summed E-state index contributed by atoms with van der Waals surface area (Å²) in [4.78, 5) is 12.6. The van der Waals surface area contributed by atoms with E-state index < -0.39 is 10.0 Å². The van der Waals surface area contributed by atoms with Gasteiger partial charge in [0.25, 0.3) is 0 Å². The molecular weight excluding hydrogens is 408 g/mol. The van der Waals surface area contributed by atoms with Crippen LogP contribution in [-0.4, -0.2) is 38.8 Å². The number of sulfonamides is 1. The van der Waals surface area contributed by atoms with Crippen molar-refractivity contribution >= 4 is 15.9 Å². The lowest BCUT2D eigenvalue weighted by Crippen LogP contribution is -2.38. The Balaban J connectivity index is 1.60. The highest BCUT2D eigenvalue weighted by atomic mass is 32.2. The number of nitrogens with one attached hydrogen (secondary N) is 1. The van der Waals surface area contributed by atoms with Crippen molar-refractivity contribution in [2.45, 2.75) is 24.2 Å². The molecule has 0 bridgehead atoms. The van der Waals surface area contributed by atoms with E-state index in [2.05, 4.69) is 29.6 Å². The maximum atomic E-state index is 12.7. The molecule has 0 aliphatic heterocycles. The lowest BCUT2D eigenvalue weighted by atomic mass is 9.88. The zero-order valence-corrected chi connectivity index (χ0v) is 18.7. The number of carbonyl (C=O) groups excluding carboxylic acids is 1. The molecule has 0 unspecified atom stereocenters. The van der Waals surface area contributed by atoms with Gasteiger partial charge in [-0.25, -0.2) is 8.42 Å². The molecule has 0 aromatic heterocycles. The molecule has 5 nitrogen and oxygen atoms in total. The molecular formula is C25H28N2O3S. The third kappa shape index (κ3) is 6.03. The van der Waals surface area contributed by atoms with Crippen LogP contribution >= 0.6 is 0 Å². The van der Waals surface area contributed by atoms with Crippen molar-refractivity contribution in [3.63, 3.8) is 0 Å². The van der Waals surface area contributed by atoms with Crippen LogP contribution < -0.4 is 5.32 Å². The molecule has 1 amide bonds. The predicted molar refractivity (Wildman–Crippen MR) is 123 cm³/mol. The number of rotatable bonds is 9. The van der Waals surface area contributed by atoms with Crippen LogP contribution in [0.1, 0.15) is 29.0 Å². The van der Waals surface area contributed by atoms with Crippen molar-refractivity contribution in [3.8, 4) is 0 Å². The van der Waals surface area contributed by atoms with E-state index in [1.54, 1.807) is 24.3 Å². The molecule has 0 atom stereocenters. The van der Waals surface area contributed by atoms with Crippen molar-refractivity contribution in [2.24, 2.45) is 0 Å². The Morgan fingerprint density at radius 1 is 0.871 bits per heavy atom. The van der Waals surface area contributed by atoms with Gasteiger partial charge in [-0.15, -0.1) is 0 Å². The normalized spacial score (nSPS) is 11.6. The monoisotopic (exact) mass is 436 g/mol. The number of nitrogens with zero attached hydrogens (tertiary/aromatic N) is 1. The van der Waals surface area contributed by atoms with Gasteiger partial charge in [-0.05, 0) is 36.6 Å². The van der Waals surface area contributed by atoms with Crippen LogP contribution in [-0.2, 0) is 14.8 Å². The van der Waals surface area contributed by atoms with Crippen molar-refractivity contribution in [2.75, 3.05) is 20.1 Å². The molecule has 3 aromatic carbocycles. The van der Waals surface area contributed by atoms with Gasteiger partial charge in [-0.1, -0.05) is 78.4 Å². The Bertz CT molecular complexity index is 1040. The van der Waals surface area contributed by atoms with Crippen LogP contribution in [0.5, 0.6) is 0 Å². The minimum atomic E-state index is -3.71. The molecule has 0 fully saturated rings. The van der Waals surface area contributed by atoms with E-state index in [4.69, 9.17) is 0 Å². The zero-order valence-electron chi connectivity index (χ0n) is 17.9. The maximum Gasteiger partial charge on any atom is 0.243 e. The first-order valence-electron chi connectivity index (χ1n) is 10.3. The topological polar surface area (TPSA) is 66.5 Å². The molecule has 0 radical (unpaired) electrons. The molecule has 3 rings (SSSR count). The standard InChI is InChI=1S/C25H28N2O3S/c1-20-13-15-23(16-14-20)31(29,30)27(2)19-25(28)26-18-17-24(21-9-5-3-6-10-21)22-11-7-4-8-12-22/h3-16,24H,17-19H2,1-2H3,(H,26,28). The Hall–Kier alpha value is -2.96. The van der Waals surface area contributed by atoms with Crippen molar-refractivity contribution in [1.82, 2.24) is 9.62 Å². The summed E-state index contributed by atoms with van der Waals surface area (Å²) in [5.41, 5.74) is 3.34. The van der Waals surface area contributed by atoms with E-state index in [-0.39, 0.29) is 23.3 Å². The summed E-state index contributed by atoms with van der Waals surface area (Å²) in [5, 5.41) is 2.87. The van der Waals surface area contributed by atoms with Gasteiger partial charge in [0.2, 0.25) is 15.9 Å². The van der Waals surface area contributed by atoms with Gasteiger partial charge in [0, 0.05) is 19.5 Å². The summed E-state index contributed by atoms with van der Waals surface area (Å²) in [6.45, 7) is 2.12. The van der Waals surface area contributed by atoms with Gasteiger partial charge in [0.15, 0.2) is 0 Å². The molecule has 0 saturated carbocycles. The Morgan fingerprint density at radius 2 is 1.39 bits per heavy atom. The number of hydrogen-bond acceptors (Lipinski definition) is 3. The first-order valence-corrected chi connectivity index (χ1v) is 11.7. The lowest BCUT2D eigenvalue weighted by molar-refractivity contribution is -0.121.